The van der Waals surface area contributed by atoms with Crippen LogP contribution in [0.2, 0.25) is 0 Å². The Morgan fingerprint density at radius 1 is 1.62 bits per heavy atom. The molecule has 0 bridgehead atoms. The van der Waals surface area contributed by atoms with Gasteiger partial charge in [-0.05, 0) is 24.8 Å². The molecular formula is C11H14N2O3. The number of hydrogen-bond donors (Lipinski definition) is 1. The minimum absolute atomic E-state index is 0.281. The number of nitrogens with two attached hydrogens (primary N) is 1. The number of aromatic nitrogens is 1. The zero-order valence-corrected chi connectivity index (χ0v) is 9.10. The van der Waals surface area contributed by atoms with Gasteiger partial charge in [-0.1, -0.05) is 0 Å². The molecule has 2 N–H and O–H groups in total. The van der Waals surface area contributed by atoms with Gasteiger partial charge in [-0.3, -0.25) is 0 Å². The fourth-order valence-corrected chi connectivity index (χ4v) is 1.32. The van der Waals surface area contributed by atoms with Crippen molar-refractivity contribution in [2.45, 2.75) is 12.8 Å². The number of carbonyl (C=O) groups is 1. The monoisotopic (exact) mass is 222 g/mol. The molecule has 1 aliphatic carbocycles. The summed E-state index contributed by atoms with van der Waals surface area (Å²) in [6.45, 7) is 0.598. The Kier molecular flexibility index (Phi) is 2.94. The molecule has 2 rings (SSSR count). The second kappa shape index (κ2) is 4.38. The van der Waals surface area contributed by atoms with Gasteiger partial charge < -0.3 is 15.2 Å². The SMILES string of the molecule is COC(=O)c1cc(N)cnc1OCC1CC1. The summed E-state index contributed by atoms with van der Waals surface area (Å²) in [5.41, 5.74) is 6.26. The number of nitrogen functional groups attached to an aromatic ring is 1. The van der Waals surface area contributed by atoms with E-state index in [1.165, 1.54) is 32.2 Å². The number of pyridine rings is 1. The highest BCUT2D eigenvalue weighted by Crippen LogP contribution is 2.30. The van der Waals surface area contributed by atoms with Crippen LogP contribution >= 0.6 is 0 Å². The van der Waals surface area contributed by atoms with E-state index in [1.54, 1.807) is 0 Å². The number of esters is 1. The summed E-state index contributed by atoms with van der Waals surface area (Å²) >= 11 is 0. The van der Waals surface area contributed by atoms with Crippen LogP contribution in [-0.4, -0.2) is 24.7 Å². The largest absolute Gasteiger partial charge is 0.477 e. The normalized spacial score (nSPS) is 14.6. The minimum Gasteiger partial charge on any atom is -0.477 e. The molecule has 1 aromatic heterocycles. The highest BCUT2D eigenvalue weighted by Gasteiger charge is 2.23. The van der Waals surface area contributed by atoms with Crippen molar-refractivity contribution in [2.24, 2.45) is 5.92 Å². The van der Waals surface area contributed by atoms with Crippen LogP contribution in [0.3, 0.4) is 0 Å². The van der Waals surface area contributed by atoms with Gasteiger partial charge in [0.1, 0.15) is 5.56 Å². The summed E-state index contributed by atoms with van der Waals surface area (Å²) in [6, 6.07) is 1.51. The van der Waals surface area contributed by atoms with Gasteiger partial charge in [0, 0.05) is 0 Å². The molecule has 86 valence electrons. The van der Waals surface area contributed by atoms with E-state index >= 15 is 0 Å². The Bertz CT molecular complexity index is 402. The summed E-state index contributed by atoms with van der Waals surface area (Å²) in [6.07, 6.45) is 3.83. The smallest absolute Gasteiger partial charge is 0.343 e. The first kappa shape index (κ1) is 10.7. The topological polar surface area (TPSA) is 74.4 Å². The van der Waals surface area contributed by atoms with E-state index in [0.717, 1.165) is 0 Å². The highest BCUT2D eigenvalue weighted by atomic mass is 16.5. The lowest BCUT2D eigenvalue weighted by Crippen LogP contribution is -2.09. The Labute approximate surface area is 93.6 Å². The molecule has 0 aliphatic heterocycles. The van der Waals surface area contributed by atoms with Gasteiger partial charge in [0.25, 0.3) is 0 Å². The lowest BCUT2D eigenvalue weighted by atomic mass is 10.2. The second-order valence-corrected chi connectivity index (χ2v) is 3.87. The molecular weight excluding hydrogens is 208 g/mol. The van der Waals surface area contributed by atoms with Crippen molar-refractivity contribution in [2.75, 3.05) is 19.5 Å². The first-order chi connectivity index (χ1) is 7.70. The summed E-state index contributed by atoms with van der Waals surface area (Å²) in [5, 5.41) is 0. The number of rotatable bonds is 4. The van der Waals surface area contributed by atoms with E-state index in [2.05, 4.69) is 9.72 Å². The Balaban J connectivity index is 2.16. The van der Waals surface area contributed by atoms with Gasteiger partial charge in [-0.15, -0.1) is 0 Å². The van der Waals surface area contributed by atoms with E-state index in [0.29, 0.717) is 24.1 Å². The van der Waals surface area contributed by atoms with Crippen molar-refractivity contribution >= 4 is 11.7 Å². The zero-order chi connectivity index (χ0) is 11.5. The standard InChI is InChI=1S/C11H14N2O3/c1-15-11(14)9-4-8(12)5-13-10(9)16-6-7-2-3-7/h4-5,7H,2-3,6,12H2,1H3. The van der Waals surface area contributed by atoms with E-state index in [9.17, 15) is 4.79 Å². The molecule has 16 heavy (non-hydrogen) atoms. The van der Waals surface area contributed by atoms with Crippen LogP contribution in [0.4, 0.5) is 5.69 Å². The van der Waals surface area contributed by atoms with E-state index < -0.39 is 5.97 Å². The number of ether oxygens (including phenoxy) is 2. The zero-order valence-electron chi connectivity index (χ0n) is 9.10. The van der Waals surface area contributed by atoms with Crippen LogP contribution in [-0.2, 0) is 4.74 Å². The third-order valence-corrected chi connectivity index (χ3v) is 2.43. The second-order valence-electron chi connectivity index (χ2n) is 3.87. The fraction of sp³-hybridized carbons (Fsp3) is 0.455. The molecule has 0 saturated heterocycles. The summed E-state index contributed by atoms with van der Waals surface area (Å²) in [5.74, 6) is 0.420. The maximum absolute atomic E-state index is 11.4. The molecule has 0 radical (unpaired) electrons. The molecule has 5 heteroatoms. The van der Waals surface area contributed by atoms with Gasteiger partial charge >= 0.3 is 5.97 Å². The molecule has 1 saturated carbocycles. The predicted octanol–water partition coefficient (Wildman–Crippen LogP) is 1.24. The first-order valence-electron chi connectivity index (χ1n) is 5.17. The maximum Gasteiger partial charge on any atom is 0.343 e. The van der Waals surface area contributed by atoms with Crippen LogP contribution in [0.1, 0.15) is 23.2 Å². The molecule has 0 amide bonds. The predicted molar refractivity (Wildman–Crippen MR) is 58.2 cm³/mol. The van der Waals surface area contributed by atoms with Gasteiger partial charge in [-0.2, -0.15) is 0 Å². The summed E-state index contributed by atoms with van der Waals surface area (Å²) in [7, 11) is 1.32. The van der Waals surface area contributed by atoms with Crippen molar-refractivity contribution in [3.05, 3.63) is 17.8 Å². The van der Waals surface area contributed by atoms with Crippen molar-refractivity contribution in [3.63, 3.8) is 0 Å². The summed E-state index contributed by atoms with van der Waals surface area (Å²) in [4.78, 5) is 15.4. The van der Waals surface area contributed by atoms with Crippen molar-refractivity contribution in [3.8, 4) is 5.88 Å². The maximum atomic E-state index is 11.4. The number of hydrogen-bond acceptors (Lipinski definition) is 5. The third kappa shape index (κ3) is 2.42. The lowest BCUT2D eigenvalue weighted by molar-refractivity contribution is 0.0594. The number of anilines is 1. The van der Waals surface area contributed by atoms with Crippen LogP contribution in [0.5, 0.6) is 5.88 Å². The van der Waals surface area contributed by atoms with E-state index in [-0.39, 0.29) is 5.56 Å². The number of nitrogens with zero attached hydrogens (tertiary/aromatic N) is 1. The van der Waals surface area contributed by atoms with Gasteiger partial charge in [0.2, 0.25) is 5.88 Å². The third-order valence-electron chi connectivity index (χ3n) is 2.43. The van der Waals surface area contributed by atoms with Crippen molar-refractivity contribution in [1.29, 1.82) is 0 Å². The molecule has 0 aromatic carbocycles. The van der Waals surface area contributed by atoms with Gasteiger partial charge in [0.15, 0.2) is 0 Å². The summed E-state index contributed by atoms with van der Waals surface area (Å²) < 4.78 is 10.1. The van der Waals surface area contributed by atoms with Crippen molar-refractivity contribution < 1.29 is 14.3 Å². The van der Waals surface area contributed by atoms with Crippen LogP contribution in [0.25, 0.3) is 0 Å². The van der Waals surface area contributed by atoms with Crippen LogP contribution in [0.15, 0.2) is 12.3 Å². The van der Waals surface area contributed by atoms with Gasteiger partial charge in [0.05, 0.1) is 25.6 Å². The average molecular weight is 222 g/mol. The van der Waals surface area contributed by atoms with Gasteiger partial charge in [-0.25, -0.2) is 9.78 Å². The Morgan fingerprint density at radius 2 is 2.38 bits per heavy atom. The molecule has 1 aromatic rings. The molecule has 0 spiro atoms. The van der Waals surface area contributed by atoms with Crippen LogP contribution in [0, 0.1) is 5.92 Å². The number of carbonyl (C=O) groups excluding carboxylic acids is 1. The molecule has 0 unspecified atom stereocenters. The lowest BCUT2D eigenvalue weighted by Gasteiger charge is -2.08. The number of methoxy groups -OCH3 is 1. The molecule has 5 nitrogen and oxygen atoms in total. The molecule has 0 atom stereocenters. The highest BCUT2D eigenvalue weighted by molar-refractivity contribution is 5.92. The first-order valence-corrected chi connectivity index (χ1v) is 5.17. The molecule has 1 fully saturated rings. The van der Waals surface area contributed by atoms with Crippen LogP contribution < -0.4 is 10.5 Å². The van der Waals surface area contributed by atoms with E-state index in [4.69, 9.17) is 10.5 Å². The van der Waals surface area contributed by atoms with Crippen molar-refractivity contribution in [1.82, 2.24) is 4.98 Å². The Morgan fingerprint density at radius 3 is 3.00 bits per heavy atom. The minimum atomic E-state index is -0.481. The quantitative estimate of drug-likeness (QED) is 0.776. The average Bonchev–Trinajstić information content (AvgIpc) is 3.10. The molecule has 1 aliphatic rings. The van der Waals surface area contributed by atoms with E-state index in [1.807, 2.05) is 0 Å². The molecule has 1 heterocycles. The Hall–Kier alpha value is -1.78. The fourth-order valence-electron chi connectivity index (χ4n) is 1.32.